The second-order valence-corrected chi connectivity index (χ2v) is 6.17. The first kappa shape index (κ1) is 18.2. The fraction of sp³-hybridized carbons (Fsp3) is 0.684. The van der Waals surface area contributed by atoms with Crippen LogP contribution in [-0.2, 0) is 0 Å². The van der Waals surface area contributed by atoms with Crippen molar-refractivity contribution in [2.75, 3.05) is 26.2 Å². The average Bonchev–Trinajstić information content (AvgIpc) is 2.42. The highest BCUT2D eigenvalue weighted by Gasteiger charge is 2.18. The third-order valence-corrected chi connectivity index (χ3v) is 4.25. The molecule has 0 bridgehead atoms. The maximum Gasteiger partial charge on any atom is 0.0454 e. The number of benzene rings is 1. The van der Waals surface area contributed by atoms with Gasteiger partial charge in [-0.25, -0.2) is 0 Å². The first-order valence-electron chi connectivity index (χ1n) is 8.56. The molecule has 1 atom stereocenters. The summed E-state index contributed by atoms with van der Waals surface area (Å²) in [5.74, 6) is 0. The van der Waals surface area contributed by atoms with Crippen LogP contribution in [0.5, 0.6) is 0 Å². The molecule has 2 heteroatoms. The highest BCUT2D eigenvalue weighted by molar-refractivity contribution is 5.39. The Bertz CT molecular complexity index is 403. The molecule has 1 N–H and O–H groups in total. The Hall–Kier alpha value is -0.860. The second kappa shape index (κ2) is 9.22. The molecule has 0 aliphatic carbocycles. The molecular formula is C19H34N2. The SMILES string of the molecule is CCCCN(CC)CC(NCC)c1c(C)cc(C)cc1C. The Labute approximate surface area is 131 Å². The molecule has 0 saturated carbocycles. The van der Waals surface area contributed by atoms with Crippen molar-refractivity contribution in [1.82, 2.24) is 10.2 Å². The Morgan fingerprint density at radius 1 is 1.05 bits per heavy atom. The quantitative estimate of drug-likeness (QED) is 0.726. The van der Waals surface area contributed by atoms with Crippen LogP contribution in [0.25, 0.3) is 0 Å². The number of nitrogens with one attached hydrogen (secondary N) is 1. The van der Waals surface area contributed by atoms with Crippen LogP contribution in [0.1, 0.15) is 61.9 Å². The van der Waals surface area contributed by atoms with E-state index in [9.17, 15) is 0 Å². The van der Waals surface area contributed by atoms with E-state index >= 15 is 0 Å². The number of rotatable bonds is 9. The highest BCUT2D eigenvalue weighted by Crippen LogP contribution is 2.24. The molecule has 0 heterocycles. The van der Waals surface area contributed by atoms with E-state index in [-0.39, 0.29) is 0 Å². The summed E-state index contributed by atoms with van der Waals surface area (Å²) in [5.41, 5.74) is 5.70. The topological polar surface area (TPSA) is 15.3 Å². The van der Waals surface area contributed by atoms with E-state index in [1.807, 2.05) is 0 Å². The number of aryl methyl sites for hydroxylation is 3. The van der Waals surface area contributed by atoms with E-state index in [2.05, 4.69) is 63.9 Å². The van der Waals surface area contributed by atoms with Crippen molar-refractivity contribution in [1.29, 1.82) is 0 Å². The lowest BCUT2D eigenvalue weighted by atomic mass is 9.93. The van der Waals surface area contributed by atoms with Crippen molar-refractivity contribution in [3.8, 4) is 0 Å². The van der Waals surface area contributed by atoms with Gasteiger partial charge in [-0.2, -0.15) is 0 Å². The lowest BCUT2D eigenvalue weighted by Gasteiger charge is -2.29. The summed E-state index contributed by atoms with van der Waals surface area (Å²) >= 11 is 0. The maximum absolute atomic E-state index is 3.70. The number of hydrogen-bond donors (Lipinski definition) is 1. The zero-order valence-corrected chi connectivity index (χ0v) is 14.9. The van der Waals surface area contributed by atoms with E-state index in [0.29, 0.717) is 6.04 Å². The van der Waals surface area contributed by atoms with Crippen LogP contribution in [0.15, 0.2) is 12.1 Å². The largest absolute Gasteiger partial charge is 0.309 e. The zero-order valence-electron chi connectivity index (χ0n) is 14.9. The van der Waals surface area contributed by atoms with Gasteiger partial charge in [0.05, 0.1) is 0 Å². The van der Waals surface area contributed by atoms with Gasteiger partial charge in [-0.1, -0.05) is 44.9 Å². The van der Waals surface area contributed by atoms with E-state index in [0.717, 1.165) is 19.6 Å². The Balaban J connectivity index is 2.95. The van der Waals surface area contributed by atoms with Crippen molar-refractivity contribution >= 4 is 0 Å². The molecular weight excluding hydrogens is 256 g/mol. The minimum atomic E-state index is 0.437. The molecule has 0 aliphatic rings. The first-order valence-corrected chi connectivity index (χ1v) is 8.56. The van der Waals surface area contributed by atoms with E-state index in [1.54, 1.807) is 0 Å². The molecule has 1 rings (SSSR count). The van der Waals surface area contributed by atoms with Crippen LogP contribution < -0.4 is 5.32 Å². The Morgan fingerprint density at radius 2 is 1.67 bits per heavy atom. The third-order valence-electron chi connectivity index (χ3n) is 4.25. The predicted molar refractivity (Wildman–Crippen MR) is 94.1 cm³/mol. The minimum absolute atomic E-state index is 0.437. The highest BCUT2D eigenvalue weighted by atomic mass is 15.1. The van der Waals surface area contributed by atoms with Gasteiger partial charge < -0.3 is 10.2 Å². The van der Waals surface area contributed by atoms with E-state index in [4.69, 9.17) is 0 Å². The van der Waals surface area contributed by atoms with Gasteiger partial charge in [-0.3, -0.25) is 0 Å². The van der Waals surface area contributed by atoms with Gasteiger partial charge in [0.15, 0.2) is 0 Å². The Kier molecular flexibility index (Phi) is 7.98. The lowest BCUT2D eigenvalue weighted by molar-refractivity contribution is 0.250. The normalized spacial score (nSPS) is 12.9. The van der Waals surface area contributed by atoms with Crippen LogP contribution in [0.3, 0.4) is 0 Å². The molecule has 0 radical (unpaired) electrons. The molecule has 120 valence electrons. The number of hydrogen-bond acceptors (Lipinski definition) is 2. The molecule has 0 spiro atoms. The minimum Gasteiger partial charge on any atom is -0.309 e. The van der Waals surface area contributed by atoms with Gasteiger partial charge in [0.2, 0.25) is 0 Å². The zero-order chi connectivity index (χ0) is 15.8. The summed E-state index contributed by atoms with van der Waals surface area (Å²) in [6.45, 7) is 17.9. The fourth-order valence-electron chi connectivity index (χ4n) is 3.26. The van der Waals surface area contributed by atoms with Gasteiger partial charge in [0.25, 0.3) is 0 Å². The van der Waals surface area contributed by atoms with Crippen LogP contribution in [0.2, 0.25) is 0 Å². The summed E-state index contributed by atoms with van der Waals surface area (Å²) < 4.78 is 0. The first-order chi connectivity index (χ1) is 10.0. The summed E-state index contributed by atoms with van der Waals surface area (Å²) in [6.07, 6.45) is 2.56. The van der Waals surface area contributed by atoms with Crippen LogP contribution in [-0.4, -0.2) is 31.1 Å². The second-order valence-electron chi connectivity index (χ2n) is 6.17. The van der Waals surface area contributed by atoms with Crippen molar-refractivity contribution in [2.45, 2.75) is 60.4 Å². The van der Waals surface area contributed by atoms with Crippen LogP contribution in [0, 0.1) is 20.8 Å². The molecule has 0 fully saturated rings. The van der Waals surface area contributed by atoms with Gasteiger partial charge in [-0.05, 0) is 63.5 Å². The molecule has 21 heavy (non-hydrogen) atoms. The molecule has 1 aromatic carbocycles. The van der Waals surface area contributed by atoms with Crippen molar-refractivity contribution in [2.24, 2.45) is 0 Å². The molecule has 0 aromatic heterocycles. The van der Waals surface area contributed by atoms with Crippen molar-refractivity contribution in [3.63, 3.8) is 0 Å². The smallest absolute Gasteiger partial charge is 0.0454 e. The summed E-state index contributed by atoms with van der Waals surface area (Å²) in [7, 11) is 0. The molecule has 0 aliphatic heterocycles. The molecule has 0 amide bonds. The Morgan fingerprint density at radius 3 is 2.14 bits per heavy atom. The molecule has 1 unspecified atom stereocenters. The fourth-order valence-corrected chi connectivity index (χ4v) is 3.26. The average molecular weight is 290 g/mol. The van der Waals surface area contributed by atoms with Crippen LogP contribution in [0.4, 0.5) is 0 Å². The number of likely N-dealkylation sites (N-methyl/N-ethyl adjacent to an activating group) is 2. The summed E-state index contributed by atoms with van der Waals surface area (Å²) in [6, 6.07) is 5.07. The number of nitrogens with zero attached hydrogens (tertiary/aromatic N) is 1. The van der Waals surface area contributed by atoms with E-state index in [1.165, 1.54) is 41.6 Å². The van der Waals surface area contributed by atoms with Gasteiger partial charge in [0.1, 0.15) is 0 Å². The standard InChI is InChI=1S/C19H34N2/c1-7-10-11-21(9-3)14-18(20-8-2)19-16(5)12-15(4)13-17(19)6/h12-13,18,20H,7-11,14H2,1-6H3. The third kappa shape index (κ3) is 5.44. The van der Waals surface area contributed by atoms with Crippen LogP contribution >= 0.6 is 0 Å². The summed E-state index contributed by atoms with van der Waals surface area (Å²) in [5, 5.41) is 3.70. The van der Waals surface area contributed by atoms with Crippen molar-refractivity contribution < 1.29 is 0 Å². The van der Waals surface area contributed by atoms with E-state index < -0.39 is 0 Å². The molecule has 1 aromatic rings. The van der Waals surface area contributed by atoms with Gasteiger partial charge >= 0.3 is 0 Å². The van der Waals surface area contributed by atoms with Crippen molar-refractivity contribution in [3.05, 3.63) is 34.4 Å². The van der Waals surface area contributed by atoms with Gasteiger partial charge in [0, 0.05) is 12.6 Å². The van der Waals surface area contributed by atoms with Gasteiger partial charge in [-0.15, -0.1) is 0 Å². The number of unbranched alkanes of at least 4 members (excludes halogenated alkanes) is 1. The maximum atomic E-state index is 3.70. The monoisotopic (exact) mass is 290 g/mol. The lowest BCUT2D eigenvalue weighted by Crippen LogP contribution is -2.36. The predicted octanol–water partition coefficient (Wildman–Crippen LogP) is 4.38. The molecule has 2 nitrogen and oxygen atoms in total. The molecule has 0 saturated heterocycles. The summed E-state index contributed by atoms with van der Waals surface area (Å²) in [4.78, 5) is 2.58.